The molecule has 0 radical (unpaired) electrons. The van der Waals surface area contributed by atoms with Gasteiger partial charge in [-0.2, -0.15) is 0 Å². The molecule has 5 unspecified atom stereocenters. The number of nitrogens with one attached hydrogen (secondary N) is 4. The van der Waals surface area contributed by atoms with Crippen LogP contribution in [0.4, 0.5) is 4.79 Å². The number of carbonyl (C=O) groups is 7. The highest BCUT2D eigenvalue weighted by Gasteiger charge is 2.51. The summed E-state index contributed by atoms with van der Waals surface area (Å²) in [6, 6.07) is 8.22. The minimum Gasteiger partial charge on any atom is -0.463 e. The van der Waals surface area contributed by atoms with Crippen molar-refractivity contribution >= 4 is 41.7 Å². The van der Waals surface area contributed by atoms with Crippen LogP contribution in [-0.4, -0.2) is 118 Å². The Morgan fingerprint density at radius 3 is 1.98 bits per heavy atom. The quantitative estimate of drug-likeness (QED) is 0.0688. The fraction of sp³-hybridized carbons (Fsp3) is 0.629. The smallest absolute Gasteiger partial charge is 0.407 e. The maximum absolute atomic E-state index is 12.3. The van der Waals surface area contributed by atoms with Crippen LogP contribution in [0.25, 0.3) is 0 Å². The van der Waals surface area contributed by atoms with E-state index in [1.165, 1.54) is 13.8 Å². The standard InChI is InChI=1S/C35H52N4O14/c1-23(40)39-31-33(52-26(4)43)32(51-25(3)42)28(22-49-24(2)41)53-34(31)48-18-9-8-13-29(44)36-15-10-16-37-30(45)14-19-47-20-17-38-35(46)50-21-27-11-6-5-7-12-27/h5-7,11-12,28,31-34H,8-10,13-22H2,1-4H3,(H,36,44)(H,37,45)(H,38,46)(H,39,40). The average molecular weight is 753 g/mol. The molecule has 0 bridgehead atoms. The van der Waals surface area contributed by atoms with E-state index in [1.807, 2.05) is 30.3 Å². The average Bonchev–Trinajstić information content (AvgIpc) is 3.09. The van der Waals surface area contributed by atoms with Crippen molar-refractivity contribution in [2.24, 2.45) is 0 Å². The summed E-state index contributed by atoms with van der Waals surface area (Å²) in [5.41, 5.74) is 0.880. The molecule has 18 heteroatoms. The van der Waals surface area contributed by atoms with Gasteiger partial charge >= 0.3 is 24.0 Å². The monoisotopic (exact) mass is 752 g/mol. The number of rotatable bonds is 23. The molecule has 0 aromatic heterocycles. The highest BCUT2D eigenvalue weighted by molar-refractivity contribution is 5.76. The molecule has 1 fully saturated rings. The van der Waals surface area contributed by atoms with Crippen LogP contribution < -0.4 is 21.3 Å². The minimum absolute atomic E-state index is 0.0902. The van der Waals surface area contributed by atoms with Gasteiger partial charge in [-0.1, -0.05) is 30.3 Å². The van der Waals surface area contributed by atoms with Crippen LogP contribution in [0.1, 0.15) is 65.4 Å². The third kappa shape index (κ3) is 19.6. The zero-order chi connectivity index (χ0) is 39.0. The maximum Gasteiger partial charge on any atom is 0.407 e. The Morgan fingerprint density at radius 1 is 0.679 bits per heavy atom. The highest BCUT2D eigenvalue weighted by atomic mass is 16.7. The highest BCUT2D eigenvalue weighted by Crippen LogP contribution is 2.28. The van der Waals surface area contributed by atoms with Crippen LogP contribution in [-0.2, 0) is 68.5 Å². The number of benzene rings is 1. The molecule has 4 amide bonds. The first-order valence-corrected chi connectivity index (χ1v) is 17.4. The molecule has 1 aliphatic heterocycles. The van der Waals surface area contributed by atoms with Crippen LogP contribution in [0.3, 0.4) is 0 Å². The van der Waals surface area contributed by atoms with Crippen LogP contribution in [0, 0.1) is 0 Å². The van der Waals surface area contributed by atoms with Crippen LogP contribution in [0.2, 0.25) is 0 Å². The Kier molecular flexibility index (Phi) is 21.1. The lowest BCUT2D eigenvalue weighted by Crippen LogP contribution is -2.66. The van der Waals surface area contributed by atoms with Crippen molar-refractivity contribution < 1.29 is 66.7 Å². The molecule has 0 spiro atoms. The Bertz CT molecular complexity index is 1330. The van der Waals surface area contributed by atoms with E-state index in [9.17, 15) is 33.6 Å². The summed E-state index contributed by atoms with van der Waals surface area (Å²) in [5.74, 6) is -2.92. The van der Waals surface area contributed by atoms with Gasteiger partial charge in [0.2, 0.25) is 17.7 Å². The SMILES string of the molecule is CC(=O)NC1C(OCCCCC(=O)NCCCNC(=O)CCOCCNC(=O)OCc2ccccc2)OC(COC(C)=O)C(OC(C)=O)C1OC(C)=O. The number of esters is 3. The number of ether oxygens (including phenoxy) is 7. The number of carbonyl (C=O) groups excluding carboxylic acids is 7. The summed E-state index contributed by atoms with van der Waals surface area (Å²) >= 11 is 0. The zero-order valence-corrected chi connectivity index (χ0v) is 30.7. The number of unbranched alkanes of at least 4 members (excludes halogenated alkanes) is 1. The number of hydrogen-bond acceptors (Lipinski definition) is 14. The maximum atomic E-state index is 12.3. The van der Waals surface area contributed by atoms with Crippen LogP contribution >= 0.6 is 0 Å². The molecule has 1 aromatic carbocycles. The number of hydrogen-bond donors (Lipinski definition) is 4. The van der Waals surface area contributed by atoms with Gasteiger partial charge in [-0.25, -0.2) is 4.79 Å². The van der Waals surface area contributed by atoms with Crippen molar-refractivity contribution in [3.8, 4) is 0 Å². The molecule has 5 atom stereocenters. The number of amides is 4. The van der Waals surface area contributed by atoms with E-state index < -0.39 is 60.6 Å². The summed E-state index contributed by atoms with van der Waals surface area (Å²) in [6.07, 6.45) is -3.51. The van der Waals surface area contributed by atoms with Gasteiger partial charge in [0.25, 0.3) is 0 Å². The van der Waals surface area contributed by atoms with Crippen molar-refractivity contribution in [3.63, 3.8) is 0 Å². The molecular weight excluding hydrogens is 700 g/mol. The molecule has 53 heavy (non-hydrogen) atoms. The van der Waals surface area contributed by atoms with Gasteiger partial charge in [-0.3, -0.25) is 28.8 Å². The van der Waals surface area contributed by atoms with E-state index in [0.717, 1.165) is 19.4 Å². The first-order chi connectivity index (χ1) is 25.3. The molecular formula is C35H52N4O14. The third-order valence-corrected chi connectivity index (χ3v) is 7.35. The summed E-state index contributed by atoms with van der Waals surface area (Å²) < 4.78 is 38.2. The first kappa shape index (κ1) is 44.4. The lowest BCUT2D eigenvalue weighted by atomic mass is 9.96. The Hall–Kier alpha value is -4.81. The fourth-order valence-electron chi connectivity index (χ4n) is 5.01. The van der Waals surface area contributed by atoms with Crippen molar-refractivity contribution in [1.29, 1.82) is 0 Å². The molecule has 2 rings (SSSR count). The van der Waals surface area contributed by atoms with Gasteiger partial charge in [-0.15, -0.1) is 0 Å². The Morgan fingerprint density at radius 2 is 1.34 bits per heavy atom. The second kappa shape index (κ2) is 25.2. The van der Waals surface area contributed by atoms with Crippen LogP contribution in [0.5, 0.6) is 0 Å². The Balaban J connectivity index is 1.62. The lowest BCUT2D eigenvalue weighted by molar-refractivity contribution is -0.277. The first-order valence-electron chi connectivity index (χ1n) is 17.4. The number of alkyl carbamates (subject to hydrolysis) is 1. The van der Waals surface area contributed by atoms with Crippen molar-refractivity contribution in [3.05, 3.63) is 35.9 Å². The minimum atomic E-state index is -1.22. The van der Waals surface area contributed by atoms with Crippen LogP contribution in [0.15, 0.2) is 30.3 Å². The lowest BCUT2D eigenvalue weighted by Gasteiger charge is -2.44. The third-order valence-electron chi connectivity index (χ3n) is 7.35. The van der Waals surface area contributed by atoms with Gasteiger partial charge in [0.1, 0.15) is 25.4 Å². The van der Waals surface area contributed by atoms with E-state index in [-0.39, 0.29) is 64.2 Å². The second-order valence-corrected chi connectivity index (χ2v) is 12.0. The summed E-state index contributed by atoms with van der Waals surface area (Å²) in [5, 5.41) is 10.7. The van der Waals surface area contributed by atoms with Gasteiger partial charge < -0.3 is 54.4 Å². The van der Waals surface area contributed by atoms with Gasteiger partial charge in [0.05, 0.1) is 13.2 Å². The summed E-state index contributed by atoms with van der Waals surface area (Å²) in [4.78, 5) is 83.4. The van der Waals surface area contributed by atoms with Crippen molar-refractivity contribution in [2.75, 3.05) is 46.1 Å². The van der Waals surface area contributed by atoms with E-state index in [1.54, 1.807) is 0 Å². The molecule has 296 valence electrons. The largest absolute Gasteiger partial charge is 0.463 e. The van der Waals surface area contributed by atoms with Crippen molar-refractivity contribution in [2.45, 2.75) is 97.0 Å². The van der Waals surface area contributed by atoms with Gasteiger partial charge in [0, 0.05) is 66.8 Å². The molecule has 1 heterocycles. The predicted octanol–water partition coefficient (Wildman–Crippen LogP) is 0.785. The zero-order valence-electron chi connectivity index (χ0n) is 30.7. The van der Waals surface area contributed by atoms with Gasteiger partial charge in [-0.05, 0) is 24.8 Å². The van der Waals surface area contributed by atoms with Gasteiger partial charge in [0.15, 0.2) is 18.5 Å². The molecule has 18 nitrogen and oxygen atoms in total. The molecule has 0 aliphatic carbocycles. The second-order valence-electron chi connectivity index (χ2n) is 12.0. The topological polar surface area (TPSA) is 232 Å². The molecule has 0 saturated carbocycles. The summed E-state index contributed by atoms with van der Waals surface area (Å²) in [7, 11) is 0. The molecule has 1 saturated heterocycles. The van der Waals surface area contributed by atoms with E-state index >= 15 is 0 Å². The molecule has 1 aliphatic rings. The fourth-order valence-corrected chi connectivity index (χ4v) is 5.01. The van der Waals surface area contributed by atoms with E-state index in [2.05, 4.69) is 21.3 Å². The molecule has 4 N–H and O–H groups in total. The van der Waals surface area contributed by atoms with E-state index in [0.29, 0.717) is 32.4 Å². The van der Waals surface area contributed by atoms with Crippen molar-refractivity contribution in [1.82, 2.24) is 21.3 Å². The molecule has 1 aromatic rings. The van der Waals surface area contributed by atoms with E-state index in [4.69, 9.17) is 33.2 Å². The predicted molar refractivity (Wildman–Crippen MR) is 185 cm³/mol. The Labute approximate surface area is 308 Å². The normalized spacial score (nSPS) is 19.2. The summed E-state index contributed by atoms with van der Waals surface area (Å²) in [6.45, 7) is 6.03.